The van der Waals surface area contributed by atoms with E-state index in [2.05, 4.69) is 9.72 Å². The summed E-state index contributed by atoms with van der Waals surface area (Å²) in [5.74, 6) is -2.25. The van der Waals surface area contributed by atoms with Gasteiger partial charge in [-0.2, -0.15) is 13.2 Å². The molecule has 2 heterocycles. The number of ether oxygens (including phenoxy) is 2. The number of rotatable bonds is 4. The van der Waals surface area contributed by atoms with Crippen molar-refractivity contribution in [3.05, 3.63) is 24.0 Å². The summed E-state index contributed by atoms with van der Waals surface area (Å²) in [6.07, 6.45) is -4.50. The Kier molecular flexibility index (Phi) is 5.04. The fourth-order valence-electron chi connectivity index (χ4n) is 1.96. The lowest BCUT2D eigenvalue weighted by Crippen LogP contribution is -2.48. The van der Waals surface area contributed by atoms with E-state index in [1.54, 1.807) is 0 Å². The third-order valence-corrected chi connectivity index (χ3v) is 2.99. The van der Waals surface area contributed by atoms with Crippen LogP contribution in [-0.4, -0.2) is 65.5 Å². The Morgan fingerprint density at radius 2 is 2.22 bits per heavy atom. The molecule has 0 unspecified atom stereocenters. The van der Waals surface area contributed by atoms with E-state index in [0.717, 1.165) is 4.90 Å². The van der Waals surface area contributed by atoms with E-state index in [1.807, 2.05) is 0 Å². The zero-order chi connectivity index (χ0) is 17.0. The number of morpholine rings is 1. The Labute approximate surface area is 128 Å². The van der Waals surface area contributed by atoms with Gasteiger partial charge in [0.2, 0.25) is 0 Å². The minimum Gasteiger partial charge on any atom is -0.482 e. The number of hydrogen-bond donors (Lipinski definition) is 1. The van der Waals surface area contributed by atoms with Crippen LogP contribution in [0.1, 0.15) is 10.5 Å². The molecule has 0 aliphatic carbocycles. The lowest BCUT2D eigenvalue weighted by Gasteiger charge is -2.30. The van der Waals surface area contributed by atoms with Crippen LogP contribution in [-0.2, 0) is 9.53 Å². The summed E-state index contributed by atoms with van der Waals surface area (Å²) in [5.41, 5.74) is -0.303. The molecule has 1 saturated heterocycles. The smallest absolute Gasteiger partial charge is 0.422 e. The molecule has 1 atom stereocenters. The number of carboxylic acid groups (broad SMARTS) is 1. The second kappa shape index (κ2) is 6.82. The minimum atomic E-state index is -4.55. The molecule has 1 fully saturated rings. The second-order valence-electron chi connectivity index (χ2n) is 4.70. The molecule has 0 spiro atoms. The van der Waals surface area contributed by atoms with E-state index in [9.17, 15) is 22.8 Å². The molecule has 2 rings (SSSR count). The van der Waals surface area contributed by atoms with Crippen LogP contribution in [0.4, 0.5) is 13.2 Å². The summed E-state index contributed by atoms with van der Waals surface area (Å²) in [5, 5.41) is 8.91. The van der Waals surface area contributed by atoms with Gasteiger partial charge < -0.3 is 19.5 Å². The van der Waals surface area contributed by atoms with Gasteiger partial charge in [-0.1, -0.05) is 0 Å². The van der Waals surface area contributed by atoms with Crippen molar-refractivity contribution < 1.29 is 37.3 Å². The third kappa shape index (κ3) is 4.55. The number of aliphatic carboxylic acids is 1. The summed E-state index contributed by atoms with van der Waals surface area (Å²) in [6.45, 7) is -1.66. The predicted molar refractivity (Wildman–Crippen MR) is 69.1 cm³/mol. The van der Waals surface area contributed by atoms with Crippen molar-refractivity contribution in [1.82, 2.24) is 9.88 Å². The summed E-state index contributed by atoms with van der Waals surface area (Å²) in [4.78, 5) is 28.2. The van der Waals surface area contributed by atoms with E-state index in [-0.39, 0.29) is 31.1 Å². The molecule has 0 radical (unpaired) electrons. The van der Waals surface area contributed by atoms with Crippen molar-refractivity contribution in [2.75, 3.05) is 26.3 Å². The lowest BCUT2D eigenvalue weighted by atomic mass is 10.2. The lowest BCUT2D eigenvalue weighted by molar-refractivity contribution is -0.155. The first kappa shape index (κ1) is 17.0. The fourth-order valence-corrected chi connectivity index (χ4v) is 1.96. The quantitative estimate of drug-likeness (QED) is 0.882. The van der Waals surface area contributed by atoms with Crippen LogP contribution >= 0.6 is 0 Å². The molecule has 1 N–H and O–H groups in total. The van der Waals surface area contributed by atoms with E-state index < -0.39 is 30.8 Å². The number of nitrogens with zero attached hydrogens (tertiary/aromatic N) is 2. The van der Waals surface area contributed by atoms with E-state index >= 15 is 0 Å². The number of carbonyl (C=O) groups excluding carboxylic acids is 1. The highest BCUT2D eigenvalue weighted by molar-refractivity contribution is 5.95. The maximum absolute atomic E-state index is 12.4. The van der Waals surface area contributed by atoms with E-state index in [4.69, 9.17) is 9.84 Å². The monoisotopic (exact) mass is 334 g/mol. The van der Waals surface area contributed by atoms with Crippen molar-refractivity contribution in [1.29, 1.82) is 0 Å². The van der Waals surface area contributed by atoms with Gasteiger partial charge in [-0.05, 0) is 12.1 Å². The molecule has 10 heteroatoms. The number of pyridine rings is 1. The molecule has 1 aliphatic rings. The van der Waals surface area contributed by atoms with Crippen molar-refractivity contribution in [3.63, 3.8) is 0 Å². The molecule has 1 aliphatic heterocycles. The molecular formula is C13H13F3N2O5. The molecule has 126 valence electrons. The van der Waals surface area contributed by atoms with Crippen LogP contribution in [0.25, 0.3) is 0 Å². The normalized spacial score (nSPS) is 18.6. The molecule has 23 heavy (non-hydrogen) atoms. The van der Waals surface area contributed by atoms with Gasteiger partial charge in [0.05, 0.1) is 13.2 Å². The highest BCUT2D eigenvalue weighted by Crippen LogP contribution is 2.22. The van der Waals surface area contributed by atoms with Crippen LogP contribution in [0, 0.1) is 0 Å². The van der Waals surface area contributed by atoms with Gasteiger partial charge >= 0.3 is 12.1 Å². The molecule has 0 saturated carbocycles. The topological polar surface area (TPSA) is 89.0 Å². The average molecular weight is 334 g/mol. The van der Waals surface area contributed by atoms with Crippen molar-refractivity contribution in [3.8, 4) is 5.75 Å². The largest absolute Gasteiger partial charge is 0.482 e. The maximum Gasteiger partial charge on any atom is 0.422 e. The van der Waals surface area contributed by atoms with Gasteiger partial charge in [0, 0.05) is 12.7 Å². The van der Waals surface area contributed by atoms with E-state index in [1.165, 1.54) is 18.3 Å². The standard InChI is InChI=1S/C13H13F3N2O5/c14-13(15,16)7-23-8-2-1-3-17-10(8)11(19)18-4-5-22-9(6-18)12(20)21/h1-3,9H,4-7H2,(H,20,21)/t9-/m1/s1. The Balaban J connectivity index is 2.14. The van der Waals surface area contributed by atoms with Gasteiger partial charge in [-0.3, -0.25) is 4.79 Å². The molecule has 0 bridgehead atoms. The van der Waals surface area contributed by atoms with Gasteiger partial charge in [0.15, 0.2) is 24.2 Å². The zero-order valence-electron chi connectivity index (χ0n) is 11.7. The SMILES string of the molecule is O=C(O)[C@H]1CN(C(=O)c2ncccc2OCC(F)(F)F)CCO1. The number of halogens is 3. The van der Waals surface area contributed by atoms with Crippen LogP contribution < -0.4 is 4.74 Å². The number of hydrogen-bond acceptors (Lipinski definition) is 5. The van der Waals surface area contributed by atoms with Crippen LogP contribution in [0.5, 0.6) is 5.75 Å². The first-order valence-electron chi connectivity index (χ1n) is 6.56. The molecule has 1 amide bonds. The van der Waals surface area contributed by atoms with Gasteiger partial charge in [-0.15, -0.1) is 0 Å². The number of carbonyl (C=O) groups is 2. The zero-order valence-corrected chi connectivity index (χ0v) is 11.7. The highest BCUT2D eigenvalue weighted by atomic mass is 19.4. The summed E-state index contributed by atoms with van der Waals surface area (Å²) in [6, 6.07) is 2.53. The van der Waals surface area contributed by atoms with Crippen LogP contribution in [0.2, 0.25) is 0 Å². The number of alkyl halides is 3. The third-order valence-electron chi connectivity index (χ3n) is 2.99. The fraction of sp³-hybridized carbons (Fsp3) is 0.462. The minimum absolute atomic E-state index is 0.00822. The second-order valence-corrected chi connectivity index (χ2v) is 4.70. The Morgan fingerprint density at radius 1 is 1.48 bits per heavy atom. The first-order valence-corrected chi connectivity index (χ1v) is 6.56. The Morgan fingerprint density at radius 3 is 2.87 bits per heavy atom. The van der Waals surface area contributed by atoms with Gasteiger partial charge in [0.1, 0.15) is 0 Å². The number of carboxylic acids is 1. The molecular weight excluding hydrogens is 321 g/mol. The Bertz CT molecular complexity index is 593. The van der Waals surface area contributed by atoms with Crippen LogP contribution in [0.3, 0.4) is 0 Å². The summed E-state index contributed by atoms with van der Waals surface area (Å²) in [7, 11) is 0. The van der Waals surface area contributed by atoms with Crippen molar-refractivity contribution >= 4 is 11.9 Å². The average Bonchev–Trinajstić information content (AvgIpc) is 2.52. The molecule has 1 aromatic heterocycles. The number of amides is 1. The molecule has 0 aromatic carbocycles. The first-order chi connectivity index (χ1) is 10.8. The Hall–Kier alpha value is -2.36. The maximum atomic E-state index is 12.4. The molecule has 1 aromatic rings. The van der Waals surface area contributed by atoms with Crippen LogP contribution in [0.15, 0.2) is 18.3 Å². The summed E-state index contributed by atoms with van der Waals surface area (Å²) >= 11 is 0. The van der Waals surface area contributed by atoms with Crippen molar-refractivity contribution in [2.45, 2.75) is 12.3 Å². The van der Waals surface area contributed by atoms with Crippen molar-refractivity contribution in [2.24, 2.45) is 0 Å². The van der Waals surface area contributed by atoms with Gasteiger partial charge in [0.25, 0.3) is 5.91 Å². The molecule has 7 nitrogen and oxygen atoms in total. The highest BCUT2D eigenvalue weighted by Gasteiger charge is 2.33. The van der Waals surface area contributed by atoms with Gasteiger partial charge in [-0.25, -0.2) is 9.78 Å². The predicted octanol–water partition coefficient (Wildman–Crippen LogP) is 0.948. The number of aromatic nitrogens is 1. The van der Waals surface area contributed by atoms with E-state index in [0.29, 0.717) is 0 Å². The summed E-state index contributed by atoms with van der Waals surface area (Å²) < 4.78 is 46.3.